The van der Waals surface area contributed by atoms with Crippen LogP contribution in [0.3, 0.4) is 0 Å². The van der Waals surface area contributed by atoms with E-state index in [1.54, 1.807) is 0 Å². The first-order valence-electron chi connectivity index (χ1n) is 10.8. The Morgan fingerprint density at radius 2 is 0.926 bits per heavy atom. The molecule has 0 saturated heterocycles. The van der Waals surface area contributed by atoms with Gasteiger partial charge in [-0.2, -0.15) is 0 Å². The van der Waals surface area contributed by atoms with Gasteiger partial charge in [0.2, 0.25) is 10.0 Å². The summed E-state index contributed by atoms with van der Waals surface area (Å²) in [6.45, 7) is 10.0. The molecule has 4 heteroatoms. The van der Waals surface area contributed by atoms with E-state index in [0.717, 1.165) is 47.9 Å². The Morgan fingerprint density at radius 3 is 1.33 bits per heavy atom. The van der Waals surface area contributed by atoms with E-state index < -0.39 is 10.0 Å². The van der Waals surface area contributed by atoms with E-state index >= 15 is 0 Å². The lowest BCUT2D eigenvalue weighted by Crippen LogP contribution is -2.36. The van der Waals surface area contributed by atoms with Gasteiger partial charge in [-0.1, -0.05) is 57.8 Å². The van der Waals surface area contributed by atoms with Gasteiger partial charge < -0.3 is 0 Å². The van der Waals surface area contributed by atoms with Crippen LogP contribution in [0.5, 0.6) is 0 Å². The molecular formula is C23H39NO2S. The quantitative estimate of drug-likeness (QED) is 0.666. The van der Waals surface area contributed by atoms with Crippen LogP contribution in [0.2, 0.25) is 0 Å². The highest BCUT2D eigenvalue weighted by Crippen LogP contribution is 2.30. The Kier molecular flexibility index (Phi) is 8.36. The zero-order chi connectivity index (χ0) is 20.0. The highest BCUT2D eigenvalue weighted by Gasteiger charge is 2.26. The fraction of sp³-hybridized carbons (Fsp3) is 0.739. The van der Waals surface area contributed by atoms with Crippen LogP contribution >= 0.6 is 0 Å². The third kappa shape index (κ3) is 5.80. The summed E-state index contributed by atoms with van der Waals surface area (Å²) in [6, 6.07) is 0.0649. The number of nitrogens with one attached hydrogen (secondary N) is 1. The Balaban J connectivity index is 2.22. The molecule has 1 saturated carbocycles. The standard InChI is InChI=1S/C23H39NO2S/c1-17-18(2)20(4)23(21(5)19(17)3)27(25,26)24-22-15-13-11-9-7-6-8-10-12-14-16-22/h22,24H,6-16H2,1-5H3. The monoisotopic (exact) mass is 393 g/mol. The molecule has 0 radical (unpaired) electrons. The van der Waals surface area contributed by atoms with E-state index in [0.29, 0.717) is 4.90 Å². The number of hydrogen-bond acceptors (Lipinski definition) is 2. The van der Waals surface area contributed by atoms with Crippen LogP contribution in [0.25, 0.3) is 0 Å². The van der Waals surface area contributed by atoms with Gasteiger partial charge in [0.05, 0.1) is 4.90 Å². The average molecular weight is 394 g/mol. The van der Waals surface area contributed by atoms with E-state index in [2.05, 4.69) is 11.6 Å². The predicted octanol–water partition coefficient (Wildman–Crippen LogP) is 6.18. The fourth-order valence-electron chi connectivity index (χ4n) is 4.43. The minimum atomic E-state index is -3.50. The molecule has 154 valence electrons. The number of hydrogen-bond donors (Lipinski definition) is 1. The molecule has 0 atom stereocenters. The van der Waals surface area contributed by atoms with Gasteiger partial charge in [-0.05, 0) is 75.3 Å². The smallest absolute Gasteiger partial charge is 0.208 e. The topological polar surface area (TPSA) is 46.2 Å². The van der Waals surface area contributed by atoms with Gasteiger partial charge in [0, 0.05) is 6.04 Å². The second-order valence-corrected chi connectivity index (χ2v) is 10.2. The number of benzene rings is 1. The molecule has 1 aliphatic carbocycles. The second kappa shape index (κ2) is 10.1. The van der Waals surface area contributed by atoms with Crippen molar-refractivity contribution in [3.8, 4) is 0 Å². The van der Waals surface area contributed by atoms with E-state index in [4.69, 9.17) is 0 Å². The van der Waals surface area contributed by atoms with Crippen molar-refractivity contribution in [3.63, 3.8) is 0 Å². The average Bonchev–Trinajstić information content (AvgIpc) is 2.60. The van der Waals surface area contributed by atoms with Gasteiger partial charge >= 0.3 is 0 Å². The molecule has 1 aliphatic rings. The maximum Gasteiger partial charge on any atom is 0.241 e. The summed E-state index contributed by atoms with van der Waals surface area (Å²) < 4.78 is 29.7. The van der Waals surface area contributed by atoms with Crippen molar-refractivity contribution >= 4 is 10.0 Å². The van der Waals surface area contributed by atoms with Crippen molar-refractivity contribution in [2.24, 2.45) is 0 Å². The van der Waals surface area contributed by atoms with E-state index in [1.165, 1.54) is 50.5 Å². The molecule has 1 aromatic rings. The first-order valence-corrected chi connectivity index (χ1v) is 12.3. The van der Waals surface area contributed by atoms with Crippen LogP contribution in [0.15, 0.2) is 4.90 Å². The molecule has 0 amide bonds. The van der Waals surface area contributed by atoms with Crippen LogP contribution in [0.1, 0.15) is 98.4 Å². The van der Waals surface area contributed by atoms with Gasteiger partial charge in [-0.3, -0.25) is 0 Å². The number of rotatable bonds is 3. The molecule has 0 aliphatic heterocycles. The molecule has 27 heavy (non-hydrogen) atoms. The molecule has 0 unspecified atom stereocenters. The van der Waals surface area contributed by atoms with Crippen LogP contribution < -0.4 is 4.72 Å². The first kappa shape index (κ1) is 22.4. The molecule has 3 nitrogen and oxygen atoms in total. The molecule has 0 bridgehead atoms. The highest BCUT2D eigenvalue weighted by atomic mass is 32.2. The highest BCUT2D eigenvalue weighted by molar-refractivity contribution is 7.89. The molecule has 1 N–H and O–H groups in total. The maximum absolute atomic E-state index is 13.3. The van der Waals surface area contributed by atoms with Gasteiger partial charge in [-0.25, -0.2) is 13.1 Å². The molecule has 0 heterocycles. The molecule has 2 rings (SSSR count). The Hall–Kier alpha value is -0.870. The van der Waals surface area contributed by atoms with Crippen LogP contribution in [0.4, 0.5) is 0 Å². The minimum Gasteiger partial charge on any atom is -0.208 e. The van der Waals surface area contributed by atoms with Crippen LogP contribution in [-0.4, -0.2) is 14.5 Å². The number of sulfonamides is 1. The summed E-state index contributed by atoms with van der Waals surface area (Å²) >= 11 is 0. The van der Waals surface area contributed by atoms with Crippen LogP contribution in [-0.2, 0) is 10.0 Å². The predicted molar refractivity (Wildman–Crippen MR) is 115 cm³/mol. The molecular weight excluding hydrogens is 354 g/mol. The fourth-order valence-corrected chi connectivity index (χ4v) is 6.33. The summed E-state index contributed by atoms with van der Waals surface area (Å²) in [4.78, 5) is 0.509. The summed E-state index contributed by atoms with van der Waals surface area (Å²) in [5.74, 6) is 0. The second-order valence-electron chi connectivity index (χ2n) is 8.53. The Bertz CT molecular complexity index is 696. The van der Waals surface area contributed by atoms with E-state index in [-0.39, 0.29) is 6.04 Å². The molecule has 1 aromatic carbocycles. The van der Waals surface area contributed by atoms with Crippen molar-refractivity contribution in [3.05, 3.63) is 27.8 Å². The zero-order valence-electron chi connectivity index (χ0n) is 18.1. The van der Waals surface area contributed by atoms with E-state index in [9.17, 15) is 8.42 Å². The lowest BCUT2D eigenvalue weighted by molar-refractivity contribution is 0.439. The van der Waals surface area contributed by atoms with Gasteiger partial charge in [0.15, 0.2) is 0 Å². The van der Waals surface area contributed by atoms with Crippen molar-refractivity contribution in [1.82, 2.24) is 4.72 Å². The third-order valence-corrected chi connectivity index (χ3v) is 8.42. The van der Waals surface area contributed by atoms with Crippen LogP contribution in [0, 0.1) is 34.6 Å². The van der Waals surface area contributed by atoms with Crippen molar-refractivity contribution in [2.75, 3.05) is 0 Å². The first-order chi connectivity index (χ1) is 12.8. The summed E-state index contributed by atoms with van der Waals surface area (Å²) in [7, 11) is -3.50. The normalized spacial score (nSPS) is 18.7. The molecule has 1 fully saturated rings. The largest absolute Gasteiger partial charge is 0.241 e. The molecule has 0 spiro atoms. The molecule has 0 aromatic heterocycles. The third-order valence-electron chi connectivity index (χ3n) is 6.63. The summed E-state index contributed by atoms with van der Waals surface area (Å²) in [5, 5.41) is 0. The Labute approximate surface area is 167 Å². The summed E-state index contributed by atoms with van der Waals surface area (Å²) in [5.41, 5.74) is 5.19. The lowest BCUT2D eigenvalue weighted by atomic mass is 9.95. The van der Waals surface area contributed by atoms with Crippen molar-refractivity contribution < 1.29 is 8.42 Å². The lowest BCUT2D eigenvalue weighted by Gasteiger charge is -2.23. The van der Waals surface area contributed by atoms with Gasteiger partial charge in [0.25, 0.3) is 0 Å². The SMILES string of the molecule is Cc1c(C)c(C)c(S(=O)(=O)NC2CCCCCCCCCCC2)c(C)c1C. The summed E-state index contributed by atoms with van der Waals surface area (Å²) in [6.07, 6.45) is 13.2. The van der Waals surface area contributed by atoms with E-state index in [1.807, 2.05) is 27.7 Å². The van der Waals surface area contributed by atoms with Crippen molar-refractivity contribution in [1.29, 1.82) is 0 Å². The maximum atomic E-state index is 13.3. The zero-order valence-corrected chi connectivity index (χ0v) is 18.9. The van der Waals surface area contributed by atoms with Crippen molar-refractivity contribution in [2.45, 2.75) is 116 Å². The van der Waals surface area contributed by atoms with Gasteiger partial charge in [0.1, 0.15) is 0 Å². The Morgan fingerprint density at radius 1 is 0.593 bits per heavy atom. The van der Waals surface area contributed by atoms with Gasteiger partial charge in [-0.15, -0.1) is 0 Å². The minimum absolute atomic E-state index is 0.0649.